The average molecular weight is 234 g/mol. The number of aryl methyl sites for hydroxylation is 1. The van der Waals surface area contributed by atoms with Gasteiger partial charge in [0.15, 0.2) is 0 Å². The van der Waals surface area contributed by atoms with Crippen LogP contribution in [-0.2, 0) is 0 Å². The highest BCUT2D eigenvalue weighted by molar-refractivity contribution is 7.80. The maximum Gasteiger partial charge on any atom is 0.103 e. The van der Waals surface area contributed by atoms with E-state index in [0.29, 0.717) is 4.99 Å². The summed E-state index contributed by atoms with van der Waals surface area (Å²) in [6, 6.07) is 6.26. The molecule has 1 aromatic rings. The van der Waals surface area contributed by atoms with Crippen LogP contribution in [0.1, 0.15) is 30.4 Å². The summed E-state index contributed by atoms with van der Waals surface area (Å²) in [5.74, 6) is 0. The van der Waals surface area contributed by atoms with Gasteiger partial charge in [-0.3, -0.25) is 0 Å². The molecule has 0 spiro atoms. The SMILES string of the molecule is Cc1cc(C(N)=S)ccc1N1CCCCC1. The summed E-state index contributed by atoms with van der Waals surface area (Å²) < 4.78 is 0. The molecule has 0 atom stereocenters. The minimum Gasteiger partial charge on any atom is -0.389 e. The molecule has 0 aliphatic carbocycles. The van der Waals surface area contributed by atoms with E-state index in [4.69, 9.17) is 18.0 Å². The smallest absolute Gasteiger partial charge is 0.103 e. The molecular formula is C13H18N2S. The van der Waals surface area contributed by atoms with Crippen LogP contribution in [0.25, 0.3) is 0 Å². The Kier molecular flexibility index (Phi) is 3.44. The summed E-state index contributed by atoms with van der Waals surface area (Å²) in [5, 5.41) is 0. The Labute approximate surface area is 102 Å². The third-order valence-electron chi connectivity index (χ3n) is 3.18. The zero-order valence-electron chi connectivity index (χ0n) is 9.70. The number of thiocarbonyl (C=S) groups is 1. The van der Waals surface area contributed by atoms with Crippen LogP contribution >= 0.6 is 12.2 Å². The lowest BCUT2D eigenvalue weighted by Gasteiger charge is -2.30. The van der Waals surface area contributed by atoms with Crippen LogP contribution in [0.5, 0.6) is 0 Å². The van der Waals surface area contributed by atoms with Crippen LogP contribution in [0.15, 0.2) is 18.2 Å². The molecule has 0 aromatic heterocycles. The van der Waals surface area contributed by atoms with Crippen molar-refractivity contribution in [2.45, 2.75) is 26.2 Å². The Hall–Kier alpha value is -1.09. The van der Waals surface area contributed by atoms with Gasteiger partial charge in [-0.05, 0) is 49.9 Å². The molecule has 0 unspecified atom stereocenters. The van der Waals surface area contributed by atoms with Crippen molar-refractivity contribution in [3.63, 3.8) is 0 Å². The lowest BCUT2D eigenvalue weighted by atomic mass is 10.1. The number of nitrogens with zero attached hydrogens (tertiary/aromatic N) is 1. The molecule has 1 aromatic carbocycles. The maximum atomic E-state index is 5.63. The van der Waals surface area contributed by atoms with Crippen LogP contribution in [0, 0.1) is 6.92 Å². The van der Waals surface area contributed by atoms with E-state index in [0.717, 1.165) is 5.56 Å². The number of hydrogen-bond acceptors (Lipinski definition) is 2. The van der Waals surface area contributed by atoms with Crippen LogP contribution in [0.2, 0.25) is 0 Å². The number of piperidine rings is 1. The predicted octanol–water partition coefficient (Wildman–Crippen LogP) is 2.62. The largest absolute Gasteiger partial charge is 0.389 e. The molecule has 1 aliphatic rings. The van der Waals surface area contributed by atoms with Gasteiger partial charge in [-0.1, -0.05) is 12.2 Å². The highest BCUT2D eigenvalue weighted by Crippen LogP contribution is 2.24. The molecule has 0 radical (unpaired) electrons. The third kappa shape index (κ3) is 2.35. The maximum absolute atomic E-state index is 5.63. The Morgan fingerprint density at radius 3 is 2.50 bits per heavy atom. The summed E-state index contributed by atoms with van der Waals surface area (Å²) >= 11 is 4.99. The molecule has 0 bridgehead atoms. The molecule has 2 nitrogen and oxygen atoms in total. The number of rotatable bonds is 2. The number of nitrogens with two attached hydrogens (primary N) is 1. The number of anilines is 1. The summed E-state index contributed by atoms with van der Waals surface area (Å²) in [7, 11) is 0. The zero-order chi connectivity index (χ0) is 11.5. The van der Waals surface area contributed by atoms with E-state index >= 15 is 0 Å². The van der Waals surface area contributed by atoms with Crippen molar-refractivity contribution < 1.29 is 0 Å². The fraction of sp³-hybridized carbons (Fsp3) is 0.462. The lowest BCUT2D eigenvalue weighted by Crippen LogP contribution is -2.30. The summed E-state index contributed by atoms with van der Waals surface area (Å²) in [4.78, 5) is 2.94. The third-order valence-corrected chi connectivity index (χ3v) is 3.41. The van der Waals surface area contributed by atoms with Crippen molar-refractivity contribution in [3.8, 4) is 0 Å². The molecule has 3 heteroatoms. The van der Waals surface area contributed by atoms with Gasteiger partial charge in [0.05, 0.1) is 0 Å². The van der Waals surface area contributed by atoms with Crippen molar-refractivity contribution >= 4 is 22.9 Å². The van der Waals surface area contributed by atoms with E-state index < -0.39 is 0 Å². The van der Waals surface area contributed by atoms with Gasteiger partial charge in [0.1, 0.15) is 4.99 Å². The zero-order valence-corrected chi connectivity index (χ0v) is 10.5. The first kappa shape index (κ1) is 11.4. The molecule has 16 heavy (non-hydrogen) atoms. The minimum absolute atomic E-state index is 0.480. The Morgan fingerprint density at radius 1 is 1.25 bits per heavy atom. The first-order valence-electron chi connectivity index (χ1n) is 5.84. The fourth-order valence-electron chi connectivity index (χ4n) is 2.30. The average Bonchev–Trinajstić information content (AvgIpc) is 2.30. The second-order valence-corrected chi connectivity index (χ2v) is 4.85. The molecule has 0 amide bonds. The van der Waals surface area contributed by atoms with E-state index in [1.54, 1.807) is 0 Å². The Morgan fingerprint density at radius 2 is 1.94 bits per heavy atom. The van der Waals surface area contributed by atoms with Gasteiger partial charge in [0.25, 0.3) is 0 Å². The van der Waals surface area contributed by atoms with Gasteiger partial charge in [0.2, 0.25) is 0 Å². The second kappa shape index (κ2) is 4.83. The van der Waals surface area contributed by atoms with Crippen LogP contribution in [0.3, 0.4) is 0 Å². The first-order chi connectivity index (χ1) is 7.68. The molecular weight excluding hydrogens is 216 g/mol. The highest BCUT2D eigenvalue weighted by Gasteiger charge is 2.13. The monoisotopic (exact) mass is 234 g/mol. The molecule has 1 saturated heterocycles. The Balaban J connectivity index is 2.24. The van der Waals surface area contributed by atoms with Crippen molar-refractivity contribution in [2.24, 2.45) is 5.73 Å². The number of benzene rings is 1. The summed E-state index contributed by atoms with van der Waals surface area (Å²) in [6.45, 7) is 4.48. The van der Waals surface area contributed by atoms with Gasteiger partial charge in [-0.2, -0.15) is 0 Å². The summed E-state index contributed by atoms with van der Waals surface area (Å²) in [5.41, 5.74) is 9.20. The molecule has 86 valence electrons. The highest BCUT2D eigenvalue weighted by atomic mass is 32.1. The van der Waals surface area contributed by atoms with E-state index in [9.17, 15) is 0 Å². The lowest BCUT2D eigenvalue weighted by molar-refractivity contribution is 0.577. The number of hydrogen-bond donors (Lipinski definition) is 1. The summed E-state index contributed by atoms with van der Waals surface area (Å²) in [6.07, 6.45) is 3.97. The van der Waals surface area contributed by atoms with Gasteiger partial charge in [-0.15, -0.1) is 0 Å². The standard InChI is InChI=1S/C13H18N2S/c1-10-9-11(13(14)16)5-6-12(10)15-7-3-2-4-8-15/h5-6,9H,2-4,7-8H2,1H3,(H2,14,16). The normalized spacial score (nSPS) is 16.2. The molecule has 2 rings (SSSR count). The van der Waals surface area contributed by atoms with Crippen molar-refractivity contribution in [1.29, 1.82) is 0 Å². The molecule has 1 fully saturated rings. The minimum atomic E-state index is 0.480. The topological polar surface area (TPSA) is 29.3 Å². The van der Waals surface area contributed by atoms with E-state index in [1.165, 1.54) is 43.6 Å². The van der Waals surface area contributed by atoms with Crippen molar-refractivity contribution in [1.82, 2.24) is 0 Å². The van der Waals surface area contributed by atoms with Gasteiger partial charge in [-0.25, -0.2) is 0 Å². The van der Waals surface area contributed by atoms with E-state index in [-0.39, 0.29) is 0 Å². The van der Waals surface area contributed by atoms with Crippen LogP contribution < -0.4 is 10.6 Å². The van der Waals surface area contributed by atoms with E-state index in [2.05, 4.69) is 24.0 Å². The van der Waals surface area contributed by atoms with Gasteiger partial charge in [0, 0.05) is 24.3 Å². The first-order valence-corrected chi connectivity index (χ1v) is 6.25. The van der Waals surface area contributed by atoms with Crippen molar-refractivity contribution in [2.75, 3.05) is 18.0 Å². The van der Waals surface area contributed by atoms with Gasteiger partial charge < -0.3 is 10.6 Å². The quantitative estimate of drug-likeness (QED) is 0.798. The van der Waals surface area contributed by atoms with Gasteiger partial charge >= 0.3 is 0 Å². The van der Waals surface area contributed by atoms with E-state index in [1.807, 2.05) is 6.07 Å². The molecule has 0 saturated carbocycles. The molecule has 2 N–H and O–H groups in total. The molecule has 1 heterocycles. The Bertz CT molecular complexity index is 395. The van der Waals surface area contributed by atoms with Crippen molar-refractivity contribution in [3.05, 3.63) is 29.3 Å². The van der Waals surface area contributed by atoms with Crippen LogP contribution in [-0.4, -0.2) is 18.1 Å². The molecule has 1 aliphatic heterocycles. The predicted molar refractivity (Wildman–Crippen MR) is 73.1 cm³/mol. The second-order valence-electron chi connectivity index (χ2n) is 4.41. The van der Waals surface area contributed by atoms with Crippen LogP contribution in [0.4, 0.5) is 5.69 Å². The fourth-order valence-corrected chi connectivity index (χ4v) is 2.43.